The third-order valence-corrected chi connectivity index (χ3v) is 3.86. The fourth-order valence-electron chi connectivity index (χ4n) is 2.64. The molecule has 1 saturated carbocycles. The summed E-state index contributed by atoms with van der Waals surface area (Å²) in [4.78, 5) is 0. The van der Waals surface area contributed by atoms with E-state index in [4.69, 9.17) is 4.42 Å². The third kappa shape index (κ3) is 3.59. The van der Waals surface area contributed by atoms with Gasteiger partial charge in [0, 0.05) is 12.6 Å². The largest absolute Gasteiger partial charge is 0.463 e. The van der Waals surface area contributed by atoms with Crippen LogP contribution in [0.1, 0.15) is 57.0 Å². The molecule has 1 heterocycles. The molecule has 0 bridgehead atoms. The zero-order chi connectivity index (χ0) is 13.0. The second-order valence-corrected chi connectivity index (χ2v) is 5.75. The summed E-state index contributed by atoms with van der Waals surface area (Å²) >= 11 is 0. The molecule has 0 aromatic carbocycles. The zero-order valence-electron chi connectivity index (χ0n) is 11.5. The van der Waals surface area contributed by atoms with E-state index in [1.54, 1.807) is 0 Å². The molecule has 0 spiro atoms. The van der Waals surface area contributed by atoms with E-state index in [0.717, 1.165) is 5.76 Å². The van der Waals surface area contributed by atoms with Crippen LogP contribution < -0.4 is 5.32 Å². The highest BCUT2D eigenvalue weighted by molar-refractivity contribution is 5.12. The number of aryl methyl sites for hydroxylation is 1. The maximum atomic E-state index is 10.4. The van der Waals surface area contributed by atoms with E-state index < -0.39 is 5.60 Å². The van der Waals surface area contributed by atoms with Gasteiger partial charge in [0.2, 0.25) is 0 Å². The predicted molar refractivity (Wildman–Crippen MR) is 72.5 cm³/mol. The Hall–Kier alpha value is -0.800. The third-order valence-electron chi connectivity index (χ3n) is 3.86. The van der Waals surface area contributed by atoms with Gasteiger partial charge >= 0.3 is 0 Å². The monoisotopic (exact) mass is 251 g/mol. The van der Waals surface area contributed by atoms with Gasteiger partial charge in [-0.2, -0.15) is 0 Å². The normalized spacial score (nSPS) is 21.5. The van der Waals surface area contributed by atoms with Crippen molar-refractivity contribution in [2.45, 2.75) is 64.0 Å². The number of hydrogen-bond donors (Lipinski definition) is 2. The van der Waals surface area contributed by atoms with Crippen molar-refractivity contribution in [1.29, 1.82) is 0 Å². The van der Waals surface area contributed by atoms with Gasteiger partial charge in [0.05, 0.1) is 0 Å². The maximum absolute atomic E-state index is 10.4. The fraction of sp³-hybridized carbons (Fsp3) is 0.733. The Morgan fingerprint density at radius 3 is 2.50 bits per heavy atom. The first-order valence-corrected chi connectivity index (χ1v) is 7.10. The highest BCUT2D eigenvalue weighted by Gasteiger charge is 2.27. The van der Waals surface area contributed by atoms with Crippen LogP contribution >= 0.6 is 0 Å². The Balaban J connectivity index is 1.87. The fourth-order valence-corrected chi connectivity index (χ4v) is 2.64. The summed E-state index contributed by atoms with van der Waals surface area (Å²) in [6.45, 7) is 4.28. The van der Waals surface area contributed by atoms with Gasteiger partial charge in [-0.3, -0.25) is 0 Å². The van der Waals surface area contributed by atoms with Gasteiger partial charge < -0.3 is 14.8 Å². The average molecular weight is 251 g/mol. The number of nitrogens with one attached hydrogen (secondary N) is 1. The van der Waals surface area contributed by atoms with Crippen LogP contribution in [0.15, 0.2) is 16.5 Å². The lowest BCUT2D eigenvalue weighted by Gasteiger charge is -2.25. The molecule has 0 saturated heterocycles. The Morgan fingerprint density at radius 1 is 1.28 bits per heavy atom. The van der Waals surface area contributed by atoms with Crippen LogP contribution in [0.5, 0.6) is 0 Å². The molecule has 1 aliphatic carbocycles. The Morgan fingerprint density at radius 2 is 1.94 bits per heavy atom. The van der Waals surface area contributed by atoms with Crippen LogP contribution in [-0.4, -0.2) is 17.7 Å². The second kappa shape index (κ2) is 5.89. The minimum Gasteiger partial charge on any atom is -0.463 e. The molecule has 1 aliphatic rings. The molecule has 1 unspecified atom stereocenters. The standard InChI is InChI=1S/C15H25NO2/c1-12-9-10-14(18-12)15(2,17)11-16-13-7-5-3-4-6-8-13/h9-10,13,16-17H,3-8,11H2,1-2H3. The molecule has 0 aliphatic heterocycles. The van der Waals surface area contributed by atoms with Gasteiger partial charge in [-0.05, 0) is 38.8 Å². The first-order valence-electron chi connectivity index (χ1n) is 7.10. The van der Waals surface area contributed by atoms with Crippen molar-refractivity contribution < 1.29 is 9.52 Å². The molecule has 1 atom stereocenters. The van der Waals surface area contributed by atoms with Gasteiger partial charge in [0.15, 0.2) is 0 Å². The van der Waals surface area contributed by atoms with Crippen LogP contribution in [0.2, 0.25) is 0 Å². The molecule has 2 rings (SSSR count). The van der Waals surface area contributed by atoms with Gasteiger partial charge in [-0.25, -0.2) is 0 Å². The molecule has 0 amide bonds. The van der Waals surface area contributed by atoms with Crippen LogP contribution in [0, 0.1) is 6.92 Å². The van der Waals surface area contributed by atoms with E-state index >= 15 is 0 Å². The summed E-state index contributed by atoms with van der Waals surface area (Å²) in [5.74, 6) is 1.50. The Kier molecular flexibility index (Phi) is 4.46. The van der Waals surface area contributed by atoms with Gasteiger partial charge in [0.25, 0.3) is 0 Å². The second-order valence-electron chi connectivity index (χ2n) is 5.75. The summed E-state index contributed by atoms with van der Waals surface area (Å²) in [6.07, 6.45) is 7.78. The minimum atomic E-state index is -0.916. The average Bonchev–Trinajstić information content (AvgIpc) is 2.63. The number of hydrogen-bond acceptors (Lipinski definition) is 3. The minimum absolute atomic E-state index is 0.551. The predicted octanol–water partition coefficient (Wildman–Crippen LogP) is 3.11. The molecule has 1 aromatic rings. The SMILES string of the molecule is Cc1ccc(C(C)(O)CNC2CCCCCC2)o1. The lowest BCUT2D eigenvalue weighted by Crippen LogP contribution is -2.40. The zero-order valence-corrected chi connectivity index (χ0v) is 11.5. The maximum Gasteiger partial charge on any atom is 0.136 e. The van der Waals surface area contributed by atoms with Crippen molar-refractivity contribution >= 4 is 0 Å². The highest BCUT2D eigenvalue weighted by atomic mass is 16.4. The first kappa shape index (κ1) is 13.6. The summed E-state index contributed by atoms with van der Waals surface area (Å²) in [6, 6.07) is 4.31. The molecule has 3 heteroatoms. The first-order chi connectivity index (χ1) is 8.58. The van der Waals surface area contributed by atoms with Crippen LogP contribution in [0.25, 0.3) is 0 Å². The van der Waals surface area contributed by atoms with Crippen molar-refractivity contribution in [1.82, 2.24) is 5.32 Å². The number of aliphatic hydroxyl groups is 1. The molecule has 18 heavy (non-hydrogen) atoms. The topological polar surface area (TPSA) is 45.4 Å². The molecule has 102 valence electrons. The highest BCUT2D eigenvalue weighted by Crippen LogP contribution is 2.23. The van der Waals surface area contributed by atoms with Crippen molar-refractivity contribution in [3.8, 4) is 0 Å². The van der Waals surface area contributed by atoms with Gasteiger partial charge in [0.1, 0.15) is 17.1 Å². The summed E-state index contributed by atoms with van der Waals surface area (Å²) in [5, 5.41) is 13.9. The molecular formula is C15H25NO2. The van der Waals surface area contributed by atoms with E-state index in [0.29, 0.717) is 18.3 Å². The number of rotatable bonds is 4. The van der Waals surface area contributed by atoms with Crippen molar-refractivity contribution in [3.63, 3.8) is 0 Å². The van der Waals surface area contributed by atoms with E-state index in [1.165, 1.54) is 38.5 Å². The Labute approximate surface area is 110 Å². The Bertz CT molecular complexity index is 362. The lowest BCUT2D eigenvalue weighted by molar-refractivity contribution is 0.0303. The lowest BCUT2D eigenvalue weighted by atomic mass is 10.0. The summed E-state index contributed by atoms with van der Waals surface area (Å²) in [7, 11) is 0. The smallest absolute Gasteiger partial charge is 0.136 e. The summed E-state index contributed by atoms with van der Waals surface area (Å²) in [5.41, 5.74) is -0.916. The molecule has 3 nitrogen and oxygen atoms in total. The van der Waals surface area contributed by atoms with Crippen LogP contribution in [0.3, 0.4) is 0 Å². The van der Waals surface area contributed by atoms with E-state index in [9.17, 15) is 5.11 Å². The number of furan rings is 1. The van der Waals surface area contributed by atoms with Gasteiger partial charge in [-0.15, -0.1) is 0 Å². The van der Waals surface area contributed by atoms with Gasteiger partial charge in [-0.1, -0.05) is 25.7 Å². The van der Waals surface area contributed by atoms with Crippen LogP contribution in [-0.2, 0) is 5.60 Å². The molecule has 1 aromatic heterocycles. The van der Waals surface area contributed by atoms with Crippen molar-refractivity contribution in [2.75, 3.05) is 6.54 Å². The quantitative estimate of drug-likeness (QED) is 0.808. The van der Waals surface area contributed by atoms with E-state index in [-0.39, 0.29) is 0 Å². The summed E-state index contributed by atoms with van der Waals surface area (Å²) < 4.78 is 5.52. The molecule has 1 fully saturated rings. The molecular weight excluding hydrogens is 226 g/mol. The van der Waals surface area contributed by atoms with Crippen LogP contribution in [0.4, 0.5) is 0 Å². The molecule has 2 N–H and O–H groups in total. The van der Waals surface area contributed by atoms with Crippen molar-refractivity contribution in [3.05, 3.63) is 23.7 Å². The van der Waals surface area contributed by atoms with E-state index in [1.807, 2.05) is 26.0 Å². The van der Waals surface area contributed by atoms with E-state index in [2.05, 4.69) is 5.32 Å². The van der Waals surface area contributed by atoms with Crippen molar-refractivity contribution in [2.24, 2.45) is 0 Å². The molecule has 0 radical (unpaired) electrons.